The minimum Gasteiger partial charge on any atom is -0.273 e. The van der Waals surface area contributed by atoms with Crippen molar-refractivity contribution in [1.82, 2.24) is 19.7 Å². The number of nitrogens with zero attached hydrogens (tertiary/aromatic N) is 4. The second kappa shape index (κ2) is 5.08. The maximum absolute atomic E-state index is 13.1. The Morgan fingerprint density at radius 1 is 1.21 bits per heavy atom. The summed E-state index contributed by atoms with van der Waals surface area (Å²) in [5, 5.41) is 6.44. The minimum atomic E-state index is -0.624. The van der Waals surface area contributed by atoms with Gasteiger partial charge in [-0.25, -0.2) is 14.4 Å². The molecule has 4 heterocycles. The van der Waals surface area contributed by atoms with E-state index in [1.54, 1.807) is 16.0 Å². The van der Waals surface area contributed by atoms with Crippen LogP contribution in [0.15, 0.2) is 36.7 Å². The molecule has 1 saturated carbocycles. The number of aryl methyl sites for hydroxylation is 1. The van der Waals surface area contributed by atoms with E-state index in [9.17, 15) is 4.39 Å². The highest BCUT2D eigenvalue weighted by molar-refractivity contribution is 7.18. The van der Waals surface area contributed by atoms with E-state index in [1.807, 2.05) is 25.5 Å². The summed E-state index contributed by atoms with van der Waals surface area (Å²) in [4.78, 5) is 11.5. The van der Waals surface area contributed by atoms with Crippen molar-refractivity contribution in [2.45, 2.75) is 24.9 Å². The molecule has 0 spiro atoms. The summed E-state index contributed by atoms with van der Waals surface area (Å²) >= 11 is 1.69. The maximum Gasteiger partial charge on any atom is 0.181 e. The lowest BCUT2D eigenvalue weighted by molar-refractivity contribution is 0.181. The monoisotopic (exact) mass is 338 g/mol. The first-order chi connectivity index (χ1) is 11.7. The highest BCUT2D eigenvalue weighted by atomic mass is 32.1. The molecule has 0 saturated heterocycles. The highest BCUT2D eigenvalue weighted by Crippen LogP contribution is 2.43. The van der Waals surface area contributed by atoms with Gasteiger partial charge in [-0.2, -0.15) is 5.10 Å². The van der Waals surface area contributed by atoms with E-state index in [-0.39, 0.29) is 0 Å². The van der Waals surface area contributed by atoms with Crippen molar-refractivity contribution in [3.05, 3.63) is 41.5 Å². The van der Waals surface area contributed by atoms with E-state index in [4.69, 9.17) is 4.98 Å². The van der Waals surface area contributed by atoms with E-state index in [0.717, 1.165) is 32.5 Å². The molecule has 0 bridgehead atoms. The van der Waals surface area contributed by atoms with Gasteiger partial charge >= 0.3 is 0 Å². The lowest BCUT2D eigenvalue weighted by Crippen LogP contribution is -2.21. The van der Waals surface area contributed by atoms with Crippen molar-refractivity contribution in [3.63, 3.8) is 0 Å². The molecule has 120 valence electrons. The topological polar surface area (TPSA) is 43.6 Å². The Balaban J connectivity index is 1.55. The van der Waals surface area contributed by atoms with Gasteiger partial charge in [0.1, 0.15) is 11.0 Å². The largest absolute Gasteiger partial charge is 0.273 e. The van der Waals surface area contributed by atoms with Gasteiger partial charge in [-0.3, -0.25) is 4.68 Å². The molecule has 0 aliphatic heterocycles. The Labute approximate surface area is 142 Å². The molecule has 1 fully saturated rings. The predicted molar refractivity (Wildman–Crippen MR) is 94.0 cm³/mol. The lowest BCUT2D eigenvalue weighted by Gasteiger charge is -2.28. The van der Waals surface area contributed by atoms with Crippen molar-refractivity contribution >= 4 is 32.6 Å². The fourth-order valence-electron chi connectivity index (χ4n) is 3.25. The van der Waals surface area contributed by atoms with Crippen molar-refractivity contribution in [2.24, 2.45) is 7.05 Å². The minimum absolute atomic E-state index is 0.371. The van der Waals surface area contributed by atoms with E-state index in [2.05, 4.69) is 28.3 Å². The quantitative estimate of drug-likeness (QED) is 0.542. The molecule has 0 atom stereocenters. The Morgan fingerprint density at radius 2 is 2.08 bits per heavy atom. The molecule has 5 rings (SSSR count). The summed E-state index contributed by atoms with van der Waals surface area (Å²) in [6, 6.07) is 8.35. The fraction of sp³-hybridized carbons (Fsp3) is 0.278. The van der Waals surface area contributed by atoms with Crippen LogP contribution in [0.1, 0.15) is 23.6 Å². The maximum atomic E-state index is 13.1. The number of halogens is 1. The number of hydrogen-bond donors (Lipinski definition) is 0. The summed E-state index contributed by atoms with van der Waals surface area (Å²) in [5.74, 6) is 0.371. The van der Waals surface area contributed by atoms with Crippen molar-refractivity contribution in [2.75, 3.05) is 0 Å². The van der Waals surface area contributed by atoms with Gasteiger partial charge in [0.15, 0.2) is 5.65 Å². The molecular weight excluding hydrogens is 323 g/mol. The SMILES string of the molecule is Cn1cc2cc(-c3ccc4cc(C5CC(F)C5)sc4n3)cnc2n1. The standard InChI is InChI=1S/C18H15FN4S/c1-23-9-13-4-12(8-20-17(13)22-23)15-3-2-10-7-16(24-18(10)21-15)11-5-14(19)6-11/h2-4,7-9,11,14H,5-6H2,1H3. The van der Waals surface area contributed by atoms with Gasteiger partial charge in [-0.05, 0) is 43.0 Å². The molecule has 6 heteroatoms. The van der Waals surface area contributed by atoms with Crippen molar-refractivity contribution in [1.29, 1.82) is 0 Å². The molecule has 24 heavy (non-hydrogen) atoms. The summed E-state index contributed by atoms with van der Waals surface area (Å²) < 4.78 is 14.9. The van der Waals surface area contributed by atoms with Crippen LogP contribution >= 0.6 is 11.3 Å². The molecule has 0 aromatic carbocycles. The van der Waals surface area contributed by atoms with Crippen LogP contribution in [0.3, 0.4) is 0 Å². The summed E-state index contributed by atoms with van der Waals surface area (Å²) in [7, 11) is 1.89. The Kier molecular flexibility index (Phi) is 2.97. The van der Waals surface area contributed by atoms with Crippen LogP contribution < -0.4 is 0 Å². The molecule has 0 radical (unpaired) electrons. The Bertz CT molecular complexity index is 1060. The number of thiophene rings is 1. The third-order valence-electron chi connectivity index (χ3n) is 4.65. The summed E-state index contributed by atoms with van der Waals surface area (Å²) in [5.41, 5.74) is 2.64. The lowest BCUT2D eigenvalue weighted by atomic mass is 9.82. The molecule has 4 aromatic rings. The summed E-state index contributed by atoms with van der Waals surface area (Å²) in [6.45, 7) is 0. The van der Waals surface area contributed by atoms with Gasteiger partial charge in [0.05, 0.1) is 5.69 Å². The van der Waals surface area contributed by atoms with Crippen LogP contribution in [0.5, 0.6) is 0 Å². The van der Waals surface area contributed by atoms with Gasteiger partial charge in [-0.15, -0.1) is 11.3 Å². The molecule has 0 amide bonds. The molecule has 1 aliphatic carbocycles. The predicted octanol–water partition coefficient (Wildman–Crippen LogP) is 4.46. The number of fused-ring (bicyclic) bond motifs is 2. The molecule has 1 aliphatic rings. The molecule has 4 nitrogen and oxygen atoms in total. The molecule has 0 unspecified atom stereocenters. The van der Waals surface area contributed by atoms with Gasteiger partial charge in [0.25, 0.3) is 0 Å². The van der Waals surface area contributed by atoms with Crippen LogP contribution in [0.2, 0.25) is 0 Å². The van der Waals surface area contributed by atoms with Crippen LogP contribution in [-0.4, -0.2) is 25.9 Å². The molecular formula is C18H15FN4S. The zero-order chi connectivity index (χ0) is 16.3. The van der Waals surface area contributed by atoms with E-state index in [1.165, 1.54) is 4.88 Å². The Morgan fingerprint density at radius 3 is 2.92 bits per heavy atom. The van der Waals surface area contributed by atoms with Gasteiger partial charge in [0.2, 0.25) is 0 Å². The molecule has 0 N–H and O–H groups in total. The third-order valence-corrected chi connectivity index (χ3v) is 5.86. The van der Waals surface area contributed by atoms with Crippen LogP contribution in [-0.2, 0) is 7.05 Å². The normalized spacial score (nSPS) is 20.6. The average Bonchev–Trinajstić information content (AvgIpc) is 3.12. The Hall–Kier alpha value is -2.34. The smallest absolute Gasteiger partial charge is 0.181 e. The van der Waals surface area contributed by atoms with Crippen molar-refractivity contribution < 1.29 is 4.39 Å². The van der Waals surface area contributed by atoms with Gasteiger partial charge < -0.3 is 0 Å². The van der Waals surface area contributed by atoms with Crippen LogP contribution in [0.4, 0.5) is 4.39 Å². The third kappa shape index (κ3) is 2.21. The van der Waals surface area contributed by atoms with E-state index < -0.39 is 6.17 Å². The zero-order valence-corrected chi connectivity index (χ0v) is 13.9. The van der Waals surface area contributed by atoms with Crippen LogP contribution in [0.25, 0.3) is 32.5 Å². The number of alkyl halides is 1. The summed E-state index contributed by atoms with van der Waals surface area (Å²) in [6.07, 6.45) is 4.46. The number of hydrogen-bond acceptors (Lipinski definition) is 4. The molecule has 4 aromatic heterocycles. The van der Waals surface area contributed by atoms with Gasteiger partial charge in [-0.1, -0.05) is 0 Å². The number of pyridine rings is 2. The zero-order valence-electron chi connectivity index (χ0n) is 13.1. The first kappa shape index (κ1) is 14.0. The number of rotatable bonds is 2. The first-order valence-corrected chi connectivity index (χ1v) is 8.82. The first-order valence-electron chi connectivity index (χ1n) is 8.00. The second-order valence-electron chi connectivity index (χ2n) is 6.44. The van der Waals surface area contributed by atoms with Gasteiger partial charge in [0, 0.05) is 40.7 Å². The highest BCUT2D eigenvalue weighted by Gasteiger charge is 2.31. The second-order valence-corrected chi connectivity index (χ2v) is 7.51. The number of aromatic nitrogens is 4. The average molecular weight is 338 g/mol. The van der Waals surface area contributed by atoms with Crippen molar-refractivity contribution in [3.8, 4) is 11.3 Å². The van der Waals surface area contributed by atoms with Crippen LogP contribution in [0, 0.1) is 0 Å². The van der Waals surface area contributed by atoms with E-state index >= 15 is 0 Å². The van der Waals surface area contributed by atoms with E-state index in [0.29, 0.717) is 18.8 Å². The fourth-order valence-corrected chi connectivity index (χ4v) is 4.41.